The lowest BCUT2D eigenvalue weighted by Crippen LogP contribution is -2.44. The average Bonchev–Trinajstić information content (AvgIpc) is 2.48. The SMILES string of the molecule is CCOC1CCN(C(=O)C2CCC(C(=O)O)CC2)CC1. The summed E-state index contributed by atoms with van der Waals surface area (Å²) in [5.41, 5.74) is 0. The zero-order valence-electron chi connectivity index (χ0n) is 12.2. The fraction of sp³-hybridized carbons (Fsp3) is 0.867. The van der Waals surface area contributed by atoms with Crippen molar-refractivity contribution in [2.75, 3.05) is 19.7 Å². The quantitative estimate of drug-likeness (QED) is 0.855. The number of aliphatic carboxylic acids is 1. The van der Waals surface area contributed by atoms with Crippen molar-refractivity contribution >= 4 is 11.9 Å². The Labute approximate surface area is 120 Å². The molecular formula is C15H25NO4. The zero-order chi connectivity index (χ0) is 14.5. The van der Waals surface area contributed by atoms with Crippen LogP contribution < -0.4 is 0 Å². The van der Waals surface area contributed by atoms with Crippen LogP contribution in [0.25, 0.3) is 0 Å². The molecule has 1 aliphatic heterocycles. The number of rotatable bonds is 4. The minimum Gasteiger partial charge on any atom is -0.481 e. The molecule has 2 rings (SSSR count). The summed E-state index contributed by atoms with van der Waals surface area (Å²) in [6, 6.07) is 0. The van der Waals surface area contributed by atoms with Crippen LogP contribution in [0.1, 0.15) is 45.4 Å². The third-order valence-corrected chi connectivity index (χ3v) is 4.58. The van der Waals surface area contributed by atoms with Crippen molar-refractivity contribution in [2.45, 2.75) is 51.6 Å². The van der Waals surface area contributed by atoms with E-state index in [0.29, 0.717) is 18.9 Å². The number of piperidine rings is 1. The van der Waals surface area contributed by atoms with Gasteiger partial charge in [0.05, 0.1) is 12.0 Å². The van der Waals surface area contributed by atoms with Crippen molar-refractivity contribution in [3.05, 3.63) is 0 Å². The van der Waals surface area contributed by atoms with Crippen molar-refractivity contribution in [1.82, 2.24) is 4.90 Å². The van der Waals surface area contributed by atoms with Gasteiger partial charge in [-0.15, -0.1) is 0 Å². The van der Waals surface area contributed by atoms with Crippen LogP contribution in [0.15, 0.2) is 0 Å². The normalized spacial score (nSPS) is 28.4. The molecule has 20 heavy (non-hydrogen) atoms. The zero-order valence-corrected chi connectivity index (χ0v) is 12.2. The molecule has 0 aromatic heterocycles. The molecule has 114 valence electrons. The molecular weight excluding hydrogens is 258 g/mol. The van der Waals surface area contributed by atoms with Crippen LogP contribution in [0.5, 0.6) is 0 Å². The lowest BCUT2D eigenvalue weighted by molar-refractivity contribution is -0.146. The molecule has 0 unspecified atom stereocenters. The molecule has 0 bridgehead atoms. The first-order chi connectivity index (χ1) is 9.61. The molecule has 0 aromatic carbocycles. The van der Waals surface area contributed by atoms with E-state index in [1.807, 2.05) is 11.8 Å². The molecule has 1 heterocycles. The maximum absolute atomic E-state index is 12.4. The second-order valence-electron chi connectivity index (χ2n) is 5.87. The summed E-state index contributed by atoms with van der Waals surface area (Å²) in [6.45, 7) is 4.29. The Hall–Kier alpha value is -1.10. The molecule has 2 aliphatic rings. The summed E-state index contributed by atoms with van der Waals surface area (Å²) in [5, 5.41) is 8.98. The van der Waals surface area contributed by atoms with Crippen LogP contribution in [0.2, 0.25) is 0 Å². The minimum atomic E-state index is -0.714. The van der Waals surface area contributed by atoms with Gasteiger partial charge in [-0.25, -0.2) is 0 Å². The number of carboxylic acids is 1. The van der Waals surface area contributed by atoms with E-state index < -0.39 is 5.97 Å². The maximum atomic E-state index is 12.4. The number of hydrogen-bond donors (Lipinski definition) is 1. The fourth-order valence-electron chi connectivity index (χ4n) is 3.32. The summed E-state index contributed by atoms with van der Waals surface area (Å²) < 4.78 is 5.59. The Balaban J connectivity index is 1.77. The van der Waals surface area contributed by atoms with Crippen molar-refractivity contribution in [2.24, 2.45) is 11.8 Å². The Morgan fingerprint density at radius 3 is 2.10 bits per heavy atom. The highest BCUT2D eigenvalue weighted by Gasteiger charge is 2.33. The topological polar surface area (TPSA) is 66.8 Å². The summed E-state index contributed by atoms with van der Waals surface area (Å²) in [4.78, 5) is 25.3. The van der Waals surface area contributed by atoms with Gasteiger partial charge >= 0.3 is 5.97 Å². The molecule has 1 N–H and O–H groups in total. The number of likely N-dealkylation sites (tertiary alicyclic amines) is 1. The second kappa shape index (κ2) is 7.07. The lowest BCUT2D eigenvalue weighted by atomic mass is 9.81. The first-order valence-electron chi connectivity index (χ1n) is 7.75. The molecule has 0 radical (unpaired) electrons. The van der Waals surface area contributed by atoms with Gasteiger partial charge in [-0.05, 0) is 45.4 Å². The predicted octanol–water partition coefficient (Wildman–Crippen LogP) is 1.90. The first-order valence-corrected chi connectivity index (χ1v) is 7.75. The average molecular weight is 283 g/mol. The van der Waals surface area contributed by atoms with Crippen LogP contribution in [0.3, 0.4) is 0 Å². The number of amides is 1. The molecule has 0 aromatic rings. The molecule has 0 spiro atoms. The van der Waals surface area contributed by atoms with Gasteiger partial charge in [0, 0.05) is 25.6 Å². The van der Waals surface area contributed by atoms with E-state index >= 15 is 0 Å². The van der Waals surface area contributed by atoms with Gasteiger partial charge in [-0.1, -0.05) is 0 Å². The van der Waals surface area contributed by atoms with Crippen molar-refractivity contribution < 1.29 is 19.4 Å². The highest BCUT2D eigenvalue weighted by atomic mass is 16.5. The smallest absolute Gasteiger partial charge is 0.306 e. The third-order valence-electron chi connectivity index (χ3n) is 4.58. The van der Waals surface area contributed by atoms with Gasteiger partial charge in [0.25, 0.3) is 0 Å². The van der Waals surface area contributed by atoms with Crippen molar-refractivity contribution in [3.63, 3.8) is 0 Å². The number of ether oxygens (including phenoxy) is 1. The molecule has 1 saturated heterocycles. The molecule has 1 amide bonds. The van der Waals surface area contributed by atoms with Crippen molar-refractivity contribution in [1.29, 1.82) is 0 Å². The second-order valence-corrected chi connectivity index (χ2v) is 5.87. The molecule has 5 heteroatoms. The van der Waals surface area contributed by atoms with E-state index in [2.05, 4.69) is 0 Å². The van der Waals surface area contributed by atoms with Crippen molar-refractivity contribution in [3.8, 4) is 0 Å². The van der Waals surface area contributed by atoms with E-state index in [-0.39, 0.29) is 17.7 Å². The molecule has 1 aliphatic carbocycles. The number of carbonyl (C=O) groups excluding carboxylic acids is 1. The van der Waals surface area contributed by atoms with E-state index in [9.17, 15) is 9.59 Å². The highest BCUT2D eigenvalue weighted by molar-refractivity contribution is 5.79. The Morgan fingerprint density at radius 1 is 1.05 bits per heavy atom. The first kappa shape index (κ1) is 15.3. The number of nitrogens with zero attached hydrogens (tertiary/aromatic N) is 1. The molecule has 1 saturated carbocycles. The van der Waals surface area contributed by atoms with Gasteiger partial charge in [-0.3, -0.25) is 9.59 Å². The standard InChI is InChI=1S/C15H25NO4/c1-2-20-13-7-9-16(10-8-13)14(17)11-3-5-12(6-4-11)15(18)19/h11-13H,2-10H2,1H3,(H,18,19). The van der Waals surface area contributed by atoms with E-state index in [4.69, 9.17) is 9.84 Å². The van der Waals surface area contributed by atoms with Crippen LogP contribution in [0.4, 0.5) is 0 Å². The number of carbonyl (C=O) groups is 2. The van der Waals surface area contributed by atoms with E-state index in [1.165, 1.54) is 0 Å². The molecule has 0 atom stereocenters. The number of carboxylic acid groups (broad SMARTS) is 1. The van der Waals surface area contributed by atoms with Crippen LogP contribution in [-0.4, -0.2) is 47.7 Å². The summed E-state index contributed by atoms with van der Waals surface area (Å²) in [7, 11) is 0. The fourth-order valence-corrected chi connectivity index (χ4v) is 3.32. The van der Waals surface area contributed by atoms with Crippen LogP contribution in [0, 0.1) is 11.8 Å². The third kappa shape index (κ3) is 3.72. The largest absolute Gasteiger partial charge is 0.481 e. The predicted molar refractivity (Wildman–Crippen MR) is 74.3 cm³/mol. The van der Waals surface area contributed by atoms with Crippen LogP contribution >= 0.6 is 0 Å². The summed E-state index contributed by atoms with van der Waals surface area (Å²) in [6.07, 6.45) is 4.87. The Kier molecular flexibility index (Phi) is 5.40. The molecule has 2 fully saturated rings. The Morgan fingerprint density at radius 2 is 1.60 bits per heavy atom. The summed E-state index contributed by atoms with van der Waals surface area (Å²) >= 11 is 0. The summed E-state index contributed by atoms with van der Waals surface area (Å²) in [5.74, 6) is -0.700. The molecule has 5 nitrogen and oxygen atoms in total. The van der Waals surface area contributed by atoms with E-state index in [0.717, 1.165) is 45.4 Å². The van der Waals surface area contributed by atoms with Gasteiger partial charge in [0.2, 0.25) is 5.91 Å². The Bertz CT molecular complexity index is 342. The van der Waals surface area contributed by atoms with Gasteiger partial charge in [0.15, 0.2) is 0 Å². The monoisotopic (exact) mass is 283 g/mol. The number of hydrogen-bond acceptors (Lipinski definition) is 3. The maximum Gasteiger partial charge on any atom is 0.306 e. The van der Waals surface area contributed by atoms with Gasteiger partial charge in [-0.2, -0.15) is 0 Å². The van der Waals surface area contributed by atoms with Gasteiger partial charge in [0.1, 0.15) is 0 Å². The highest BCUT2D eigenvalue weighted by Crippen LogP contribution is 2.31. The van der Waals surface area contributed by atoms with Gasteiger partial charge < -0.3 is 14.7 Å². The van der Waals surface area contributed by atoms with Crippen LogP contribution in [-0.2, 0) is 14.3 Å². The van der Waals surface area contributed by atoms with E-state index in [1.54, 1.807) is 0 Å². The minimum absolute atomic E-state index is 0.0363. The lowest BCUT2D eigenvalue weighted by Gasteiger charge is -2.35.